The predicted octanol–water partition coefficient (Wildman–Crippen LogP) is 1.63. The van der Waals surface area contributed by atoms with Crippen molar-refractivity contribution >= 4 is 23.2 Å². The van der Waals surface area contributed by atoms with E-state index in [2.05, 4.69) is 10.6 Å². The summed E-state index contributed by atoms with van der Waals surface area (Å²) in [5.74, 6) is 0.0241. The molecule has 1 heterocycles. The third-order valence-corrected chi connectivity index (χ3v) is 4.83. The minimum Gasteiger partial charge on any atom is -0.385 e. The topological polar surface area (TPSA) is 131 Å². The van der Waals surface area contributed by atoms with Crippen molar-refractivity contribution in [1.29, 1.82) is 0 Å². The first-order valence-electron chi connectivity index (χ1n) is 9.76. The zero-order valence-corrected chi connectivity index (χ0v) is 16.1. The van der Waals surface area contributed by atoms with Crippen molar-refractivity contribution in [2.45, 2.75) is 44.6 Å². The van der Waals surface area contributed by atoms with Gasteiger partial charge < -0.3 is 21.3 Å². The molecule has 1 aromatic rings. The van der Waals surface area contributed by atoms with E-state index in [-0.39, 0.29) is 23.5 Å². The van der Waals surface area contributed by atoms with E-state index in [0.717, 1.165) is 31.5 Å². The summed E-state index contributed by atoms with van der Waals surface area (Å²) in [7, 11) is 0. The van der Waals surface area contributed by atoms with Crippen molar-refractivity contribution in [3.63, 3.8) is 0 Å². The number of non-ortho nitro benzene ring substituents is 1. The Labute approximate surface area is 164 Å². The molecule has 9 heteroatoms. The molecular formula is C19H29N5O4. The Kier molecular flexibility index (Phi) is 8.67. The molecule has 28 heavy (non-hydrogen) atoms. The maximum atomic E-state index is 12.6. The van der Waals surface area contributed by atoms with Crippen LogP contribution in [0.2, 0.25) is 0 Å². The Hall–Kier alpha value is -2.68. The van der Waals surface area contributed by atoms with Crippen LogP contribution in [0.15, 0.2) is 24.3 Å². The lowest BCUT2D eigenvalue weighted by atomic mass is 10.0. The highest BCUT2D eigenvalue weighted by molar-refractivity contribution is 5.77. The zero-order valence-electron chi connectivity index (χ0n) is 16.1. The summed E-state index contributed by atoms with van der Waals surface area (Å²) in [5, 5.41) is 16.7. The lowest BCUT2D eigenvalue weighted by Gasteiger charge is -2.36. The number of benzene rings is 1. The van der Waals surface area contributed by atoms with Gasteiger partial charge in [-0.3, -0.25) is 19.7 Å². The molecule has 1 aromatic carbocycles. The summed E-state index contributed by atoms with van der Waals surface area (Å²) in [6, 6.07) is 6.26. The second-order valence-electron chi connectivity index (χ2n) is 6.91. The third-order valence-electron chi connectivity index (χ3n) is 4.83. The number of nitrogens with one attached hydrogen (secondary N) is 2. The van der Waals surface area contributed by atoms with Crippen molar-refractivity contribution in [1.82, 2.24) is 10.2 Å². The van der Waals surface area contributed by atoms with Crippen LogP contribution in [0.5, 0.6) is 0 Å². The van der Waals surface area contributed by atoms with Gasteiger partial charge in [0.2, 0.25) is 11.8 Å². The fourth-order valence-electron chi connectivity index (χ4n) is 3.31. The van der Waals surface area contributed by atoms with Crippen LogP contribution in [0.4, 0.5) is 11.4 Å². The number of nitrogens with two attached hydrogens (primary N) is 1. The maximum absolute atomic E-state index is 12.6. The minimum absolute atomic E-state index is 0.0469. The number of hydrogen-bond acceptors (Lipinski definition) is 6. The molecule has 9 nitrogen and oxygen atoms in total. The van der Waals surface area contributed by atoms with E-state index in [0.29, 0.717) is 38.9 Å². The van der Waals surface area contributed by atoms with Gasteiger partial charge in [-0.15, -0.1) is 0 Å². The van der Waals surface area contributed by atoms with Crippen molar-refractivity contribution < 1.29 is 14.5 Å². The van der Waals surface area contributed by atoms with Crippen molar-refractivity contribution in [2.75, 3.05) is 31.5 Å². The number of nitro groups is 1. The molecule has 154 valence electrons. The summed E-state index contributed by atoms with van der Waals surface area (Å²) in [5.41, 5.74) is 6.22. The molecular weight excluding hydrogens is 362 g/mol. The number of nitrogens with zero attached hydrogens (tertiary/aromatic N) is 2. The normalized spacial score (nSPS) is 16.5. The third kappa shape index (κ3) is 6.80. The summed E-state index contributed by atoms with van der Waals surface area (Å²) < 4.78 is 0. The summed E-state index contributed by atoms with van der Waals surface area (Å²) in [4.78, 5) is 36.3. The Bertz CT molecular complexity index is 665. The number of nitro benzene ring substituents is 1. The van der Waals surface area contributed by atoms with Crippen LogP contribution >= 0.6 is 0 Å². The first-order chi connectivity index (χ1) is 13.5. The molecule has 0 radical (unpaired) electrons. The summed E-state index contributed by atoms with van der Waals surface area (Å²) >= 11 is 0. The van der Waals surface area contributed by atoms with Gasteiger partial charge in [0.1, 0.15) is 0 Å². The number of likely N-dealkylation sites (tertiary alicyclic amines) is 1. The number of rotatable bonds is 10. The Morgan fingerprint density at radius 1 is 1.21 bits per heavy atom. The van der Waals surface area contributed by atoms with E-state index in [1.165, 1.54) is 12.1 Å². The zero-order chi connectivity index (χ0) is 20.4. The quantitative estimate of drug-likeness (QED) is 0.316. The van der Waals surface area contributed by atoms with Gasteiger partial charge in [0.15, 0.2) is 0 Å². The van der Waals surface area contributed by atoms with E-state index in [4.69, 9.17) is 5.73 Å². The molecule has 1 unspecified atom stereocenters. The Morgan fingerprint density at radius 2 is 1.96 bits per heavy atom. The first-order valence-corrected chi connectivity index (χ1v) is 9.76. The molecule has 0 saturated carbocycles. The number of carbonyl (C=O) groups is 2. The molecule has 1 aliphatic rings. The number of piperidine rings is 1. The van der Waals surface area contributed by atoms with E-state index in [1.54, 1.807) is 12.1 Å². The molecule has 1 fully saturated rings. The predicted molar refractivity (Wildman–Crippen MR) is 107 cm³/mol. The first kappa shape index (κ1) is 21.6. The molecule has 4 N–H and O–H groups in total. The van der Waals surface area contributed by atoms with E-state index in [9.17, 15) is 19.7 Å². The molecule has 0 aromatic heterocycles. The molecule has 2 amide bonds. The monoisotopic (exact) mass is 391 g/mol. The van der Waals surface area contributed by atoms with Crippen LogP contribution in [-0.2, 0) is 9.59 Å². The van der Waals surface area contributed by atoms with Crippen molar-refractivity contribution in [2.24, 2.45) is 5.73 Å². The molecule has 1 aliphatic heterocycles. The molecule has 0 bridgehead atoms. The van der Waals surface area contributed by atoms with Crippen LogP contribution in [-0.4, -0.2) is 53.9 Å². The molecule has 0 aliphatic carbocycles. The van der Waals surface area contributed by atoms with Gasteiger partial charge in [-0.25, -0.2) is 0 Å². The highest BCUT2D eigenvalue weighted by atomic mass is 16.6. The van der Waals surface area contributed by atoms with E-state index in [1.807, 2.05) is 4.90 Å². The highest BCUT2D eigenvalue weighted by Crippen LogP contribution is 2.19. The lowest BCUT2D eigenvalue weighted by Crippen LogP contribution is -2.49. The van der Waals surface area contributed by atoms with Crippen LogP contribution in [0.3, 0.4) is 0 Å². The van der Waals surface area contributed by atoms with Gasteiger partial charge in [0.25, 0.3) is 5.69 Å². The van der Waals surface area contributed by atoms with Crippen LogP contribution in [0.25, 0.3) is 0 Å². The Morgan fingerprint density at radius 3 is 2.64 bits per heavy atom. The number of amides is 2. The number of carbonyl (C=O) groups excluding carboxylic acids is 2. The maximum Gasteiger partial charge on any atom is 0.269 e. The summed E-state index contributed by atoms with van der Waals surface area (Å²) in [6.45, 7) is 2.13. The Balaban J connectivity index is 1.73. The van der Waals surface area contributed by atoms with Gasteiger partial charge in [-0.05, 0) is 37.8 Å². The van der Waals surface area contributed by atoms with Crippen LogP contribution in [0, 0.1) is 10.1 Å². The van der Waals surface area contributed by atoms with Gasteiger partial charge >= 0.3 is 0 Å². The van der Waals surface area contributed by atoms with Gasteiger partial charge in [-0.1, -0.05) is 0 Å². The lowest BCUT2D eigenvalue weighted by molar-refractivity contribution is -0.384. The summed E-state index contributed by atoms with van der Waals surface area (Å²) in [6.07, 6.45) is 4.33. The second kappa shape index (κ2) is 11.2. The fraction of sp³-hybridized carbons (Fsp3) is 0.579. The average molecular weight is 391 g/mol. The molecule has 2 rings (SSSR count). The largest absolute Gasteiger partial charge is 0.385 e. The van der Waals surface area contributed by atoms with Crippen LogP contribution < -0.4 is 16.4 Å². The molecule has 1 saturated heterocycles. The van der Waals surface area contributed by atoms with E-state index < -0.39 is 4.92 Å². The van der Waals surface area contributed by atoms with Crippen molar-refractivity contribution in [3.05, 3.63) is 34.4 Å². The number of anilines is 1. The second-order valence-corrected chi connectivity index (χ2v) is 6.91. The van der Waals surface area contributed by atoms with E-state index >= 15 is 0 Å². The smallest absolute Gasteiger partial charge is 0.269 e. The molecule has 1 atom stereocenters. The average Bonchev–Trinajstić information content (AvgIpc) is 2.70. The molecule has 0 spiro atoms. The van der Waals surface area contributed by atoms with Gasteiger partial charge in [0.05, 0.1) is 4.92 Å². The standard InChI is InChI=1S/C19H29N5O4/c20-11-10-18(25)22-14-17-4-1-2-13-23(17)19(26)5-3-12-21-15-6-8-16(9-7-15)24(27)28/h6-9,17,21H,1-5,10-14,20H2,(H,22,25). The van der Waals surface area contributed by atoms with Gasteiger partial charge in [0, 0.05) is 62.9 Å². The minimum atomic E-state index is -0.435. The number of hydrogen-bond donors (Lipinski definition) is 3. The SMILES string of the molecule is NCCC(=O)NCC1CCCCN1C(=O)CCCNc1ccc([N+](=O)[O-])cc1. The van der Waals surface area contributed by atoms with Gasteiger partial charge in [-0.2, -0.15) is 0 Å². The van der Waals surface area contributed by atoms with Crippen LogP contribution in [0.1, 0.15) is 38.5 Å². The fourth-order valence-corrected chi connectivity index (χ4v) is 3.31. The highest BCUT2D eigenvalue weighted by Gasteiger charge is 2.26. The van der Waals surface area contributed by atoms with Crippen molar-refractivity contribution in [3.8, 4) is 0 Å².